The van der Waals surface area contributed by atoms with Gasteiger partial charge in [-0.15, -0.1) is 0 Å². The fraction of sp³-hybridized carbons (Fsp3) is 0.667. The largest absolute Gasteiger partial charge is 0.399 e. The minimum absolute atomic E-state index is 0.0191. The third-order valence-electron chi connectivity index (χ3n) is 4.71. The molecule has 1 aromatic rings. The molecule has 27 heavy (non-hydrogen) atoms. The maximum absolute atomic E-state index is 13.2. The topological polar surface area (TPSA) is 71.6 Å². The van der Waals surface area contributed by atoms with Crippen molar-refractivity contribution in [3.63, 3.8) is 0 Å². The summed E-state index contributed by atoms with van der Waals surface area (Å²) in [5.41, 5.74) is 7.69. The molecule has 2 rings (SSSR count). The van der Waals surface area contributed by atoms with Crippen LogP contribution in [-0.4, -0.2) is 38.8 Å². The molecule has 3 N–H and O–H groups in total. The molecule has 1 saturated heterocycles. The van der Waals surface area contributed by atoms with Gasteiger partial charge in [-0.2, -0.15) is 0 Å². The van der Waals surface area contributed by atoms with Gasteiger partial charge in [0, 0.05) is 23.9 Å². The molecule has 1 aliphatic heterocycles. The van der Waals surface area contributed by atoms with E-state index in [9.17, 15) is 8.78 Å². The lowest BCUT2D eigenvalue weighted by Gasteiger charge is -2.22. The van der Waals surface area contributed by atoms with E-state index in [4.69, 9.17) is 15.9 Å². The Bertz CT molecular complexity index is 559. The second-order valence-electron chi connectivity index (χ2n) is 7.15. The summed E-state index contributed by atoms with van der Waals surface area (Å²) in [6.45, 7) is 10.9. The normalized spacial score (nSPS) is 16.4. The number of rotatable bonds is 7. The van der Waals surface area contributed by atoms with E-state index in [0.29, 0.717) is 11.8 Å². The summed E-state index contributed by atoms with van der Waals surface area (Å²) in [6, 6.07) is 4.72. The van der Waals surface area contributed by atoms with Crippen molar-refractivity contribution in [1.29, 1.82) is 5.41 Å². The Morgan fingerprint density at radius 2 is 2.00 bits per heavy atom. The Labute approximate surface area is 162 Å². The van der Waals surface area contributed by atoms with Crippen LogP contribution in [0.3, 0.4) is 0 Å². The van der Waals surface area contributed by atoms with E-state index < -0.39 is 0 Å². The number of nitrogens with one attached hydrogen (secondary N) is 1. The molecule has 1 aliphatic rings. The molecule has 1 heterocycles. The van der Waals surface area contributed by atoms with E-state index in [2.05, 4.69) is 18.6 Å². The summed E-state index contributed by atoms with van der Waals surface area (Å²) in [6.07, 6.45) is 2.09. The second-order valence-corrected chi connectivity index (χ2v) is 7.15. The minimum Gasteiger partial charge on any atom is -0.399 e. The number of alkyl halides is 1. The van der Waals surface area contributed by atoms with Gasteiger partial charge in [0.25, 0.3) is 0 Å². The van der Waals surface area contributed by atoms with Crippen LogP contribution in [0.5, 0.6) is 0 Å². The Morgan fingerprint density at radius 3 is 2.37 bits per heavy atom. The molecular weight excluding hydrogens is 350 g/mol. The minimum atomic E-state index is -0.378. The Morgan fingerprint density at radius 1 is 1.41 bits per heavy atom. The molecule has 1 fully saturated rings. The Hall–Kier alpha value is -1.53. The van der Waals surface area contributed by atoms with Crippen molar-refractivity contribution in [2.24, 2.45) is 5.41 Å². The van der Waals surface area contributed by atoms with E-state index >= 15 is 0 Å². The first-order valence-electron chi connectivity index (χ1n) is 9.44. The van der Waals surface area contributed by atoms with Gasteiger partial charge in [-0.25, -0.2) is 8.78 Å². The number of anilines is 1. The van der Waals surface area contributed by atoms with Crippen LogP contribution < -0.4 is 5.73 Å². The smallest absolute Gasteiger partial charge is 0.126 e. The van der Waals surface area contributed by atoms with Crippen LogP contribution in [-0.2, 0) is 9.47 Å². The Kier molecular flexibility index (Phi) is 12.1. The molecule has 0 aromatic heterocycles. The molecule has 0 aliphatic carbocycles. The average molecular weight is 387 g/mol. The number of epoxide rings is 1. The predicted octanol–water partition coefficient (Wildman–Crippen LogP) is 5.36. The summed E-state index contributed by atoms with van der Waals surface area (Å²) in [7, 11) is 1.47. The predicted molar refractivity (Wildman–Crippen MR) is 109 cm³/mol. The van der Waals surface area contributed by atoms with E-state index in [1.807, 2.05) is 20.8 Å². The molecule has 0 saturated carbocycles. The molecule has 0 bridgehead atoms. The maximum Gasteiger partial charge on any atom is 0.126 e. The van der Waals surface area contributed by atoms with E-state index in [0.717, 1.165) is 30.7 Å². The van der Waals surface area contributed by atoms with Crippen LogP contribution in [0.1, 0.15) is 58.9 Å². The van der Waals surface area contributed by atoms with Crippen LogP contribution in [0.25, 0.3) is 0 Å². The molecule has 1 unspecified atom stereocenters. The highest BCUT2D eigenvalue weighted by molar-refractivity contribution is 5.87. The van der Waals surface area contributed by atoms with Gasteiger partial charge in [0.05, 0.1) is 19.3 Å². The maximum atomic E-state index is 13.2. The van der Waals surface area contributed by atoms with Crippen LogP contribution in [0.15, 0.2) is 18.2 Å². The van der Waals surface area contributed by atoms with Gasteiger partial charge < -0.3 is 20.6 Å². The van der Waals surface area contributed by atoms with Gasteiger partial charge in [-0.1, -0.05) is 34.6 Å². The van der Waals surface area contributed by atoms with Gasteiger partial charge in [0.2, 0.25) is 0 Å². The molecule has 0 amide bonds. The van der Waals surface area contributed by atoms with Crippen LogP contribution in [0.4, 0.5) is 14.5 Å². The third-order valence-corrected chi connectivity index (χ3v) is 4.71. The van der Waals surface area contributed by atoms with Crippen molar-refractivity contribution < 1.29 is 18.3 Å². The highest BCUT2D eigenvalue weighted by atomic mass is 19.1. The molecule has 0 radical (unpaired) electrons. The van der Waals surface area contributed by atoms with Crippen molar-refractivity contribution in [3.05, 3.63) is 29.6 Å². The number of benzene rings is 1. The third kappa shape index (κ3) is 9.29. The first-order chi connectivity index (χ1) is 12.6. The van der Waals surface area contributed by atoms with E-state index in [1.54, 1.807) is 12.1 Å². The number of halogens is 2. The number of methoxy groups -OCH3 is 1. The number of hydrogen-bond acceptors (Lipinski definition) is 4. The fourth-order valence-corrected chi connectivity index (χ4v) is 2.35. The van der Waals surface area contributed by atoms with Crippen LogP contribution >= 0.6 is 0 Å². The zero-order chi connectivity index (χ0) is 21.0. The lowest BCUT2D eigenvalue weighted by molar-refractivity contribution is 0.175. The zero-order valence-electron chi connectivity index (χ0n) is 17.6. The zero-order valence-corrected chi connectivity index (χ0v) is 17.6. The van der Waals surface area contributed by atoms with Crippen molar-refractivity contribution in [1.82, 2.24) is 0 Å². The summed E-state index contributed by atoms with van der Waals surface area (Å²) >= 11 is 0. The van der Waals surface area contributed by atoms with Gasteiger partial charge in [-0.3, -0.25) is 0 Å². The fourth-order valence-electron chi connectivity index (χ4n) is 2.35. The summed E-state index contributed by atoms with van der Waals surface area (Å²) in [4.78, 5) is 0. The second kappa shape index (κ2) is 12.8. The van der Waals surface area contributed by atoms with Crippen LogP contribution in [0.2, 0.25) is 0 Å². The van der Waals surface area contributed by atoms with Gasteiger partial charge in [0.1, 0.15) is 12.5 Å². The molecular formula is C21H36F2N2O2. The molecule has 2 atom stereocenters. The quantitative estimate of drug-likeness (QED) is 0.376. The average Bonchev–Trinajstić information content (AvgIpc) is 3.50. The monoisotopic (exact) mass is 386 g/mol. The first-order valence-corrected chi connectivity index (χ1v) is 9.44. The Balaban J connectivity index is 0.000000408. The number of nitrogen functional groups attached to an aromatic ring is 1. The standard InChI is InChI=1S/C10H14FN.C8H15NO.C3H7FO/c1-3-7(2)9-6-8(12)4-5-10(9)11;1-4-6(9)8(2,3)7-5-10-7;1-5-3-2-4/h4-7H,3,12H2,1-2H3;7,9H,4-5H2,1-3H3;2-3H2,1H3/t7-;;/m0../s1. The van der Waals surface area contributed by atoms with Gasteiger partial charge in [0.15, 0.2) is 0 Å². The molecule has 4 nitrogen and oxygen atoms in total. The molecule has 156 valence electrons. The molecule has 1 aromatic carbocycles. The summed E-state index contributed by atoms with van der Waals surface area (Å²) in [5, 5.41) is 7.63. The lowest BCUT2D eigenvalue weighted by atomic mass is 9.83. The van der Waals surface area contributed by atoms with Gasteiger partial charge >= 0.3 is 0 Å². The van der Waals surface area contributed by atoms with E-state index in [1.165, 1.54) is 13.2 Å². The highest BCUT2D eigenvalue weighted by Crippen LogP contribution is 2.33. The van der Waals surface area contributed by atoms with E-state index in [-0.39, 0.29) is 30.4 Å². The molecule has 6 heteroatoms. The number of ether oxygens (including phenoxy) is 2. The van der Waals surface area contributed by atoms with Gasteiger partial charge in [-0.05, 0) is 42.5 Å². The highest BCUT2D eigenvalue weighted by Gasteiger charge is 2.41. The SMILES string of the molecule is CCC(=N)C(C)(C)C1CO1.CC[C@H](C)c1cc(N)ccc1F.COCCF. The molecule has 0 spiro atoms. The lowest BCUT2D eigenvalue weighted by Crippen LogP contribution is -2.28. The first kappa shape index (κ1) is 25.5. The number of nitrogens with two attached hydrogens (primary N) is 1. The number of hydrogen-bond donors (Lipinski definition) is 2. The van der Waals surface area contributed by atoms with Crippen molar-refractivity contribution in [2.75, 3.05) is 32.7 Å². The summed E-state index contributed by atoms with van der Waals surface area (Å²) in [5.74, 6) is 0.0899. The van der Waals surface area contributed by atoms with Crippen molar-refractivity contribution in [2.45, 2.75) is 59.5 Å². The van der Waals surface area contributed by atoms with Crippen molar-refractivity contribution >= 4 is 11.4 Å². The van der Waals surface area contributed by atoms with Crippen molar-refractivity contribution in [3.8, 4) is 0 Å². The summed E-state index contributed by atoms with van der Waals surface area (Å²) < 4.78 is 33.5. The van der Waals surface area contributed by atoms with Crippen LogP contribution in [0, 0.1) is 16.6 Å².